The lowest BCUT2D eigenvalue weighted by molar-refractivity contribution is 0.174. The Morgan fingerprint density at radius 2 is 1.88 bits per heavy atom. The van der Waals surface area contributed by atoms with Crippen LogP contribution in [-0.2, 0) is 4.84 Å². The quantitative estimate of drug-likeness (QED) is 0.288. The number of anilines is 1. The summed E-state index contributed by atoms with van der Waals surface area (Å²) >= 11 is 0. The highest BCUT2D eigenvalue weighted by Gasteiger charge is 2.15. The van der Waals surface area contributed by atoms with Crippen LogP contribution in [-0.4, -0.2) is 36.6 Å². The second-order valence-corrected chi connectivity index (χ2v) is 10.1. The van der Waals surface area contributed by atoms with E-state index in [2.05, 4.69) is 94.4 Å². The Morgan fingerprint density at radius 1 is 1.18 bits per heavy atom. The minimum Gasteiger partial charge on any atom is -0.419 e. The maximum absolute atomic E-state index is 6.06. The molecule has 1 aliphatic heterocycles. The molecule has 0 saturated heterocycles. The van der Waals surface area contributed by atoms with Crippen molar-refractivity contribution in [3.05, 3.63) is 70.2 Å². The molecular formula is C29H43N4O-. The minimum atomic E-state index is 0.140. The summed E-state index contributed by atoms with van der Waals surface area (Å²) in [5.41, 5.74) is 9.32. The van der Waals surface area contributed by atoms with Gasteiger partial charge in [0.15, 0.2) is 0 Å². The van der Waals surface area contributed by atoms with Gasteiger partial charge in [0.25, 0.3) is 0 Å². The zero-order valence-corrected chi connectivity index (χ0v) is 22.1. The van der Waals surface area contributed by atoms with Gasteiger partial charge in [-0.1, -0.05) is 84.0 Å². The highest BCUT2D eigenvalue weighted by Crippen LogP contribution is 2.32. The first kappa shape index (κ1) is 26.1. The summed E-state index contributed by atoms with van der Waals surface area (Å²) < 4.78 is 0. The van der Waals surface area contributed by atoms with Crippen molar-refractivity contribution < 1.29 is 4.84 Å². The number of benzene rings is 1. The van der Waals surface area contributed by atoms with Crippen molar-refractivity contribution >= 4 is 11.6 Å². The van der Waals surface area contributed by atoms with Crippen molar-refractivity contribution in [3.8, 4) is 0 Å². The molecule has 3 rings (SSSR count). The number of nitrogens with one attached hydrogen (secondary N) is 1. The number of rotatable bonds is 10. The Kier molecular flexibility index (Phi) is 9.40. The van der Waals surface area contributed by atoms with Crippen LogP contribution in [0.3, 0.4) is 0 Å². The normalized spacial score (nSPS) is 20.1. The first-order chi connectivity index (χ1) is 16.3. The van der Waals surface area contributed by atoms with Gasteiger partial charge in [0.1, 0.15) is 0 Å². The molecule has 1 aromatic carbocycles. The standard InChI is InChI=1S/C29H43N4O/c1-8-24-12-14-25(15-13-24)19-33(29-30-22(6)18-23(7)31-29)16-17-34-32-28-26(20(2)3)10-9-11-27(28)21(4)5/h9-12,14-15,18,20-22,24,32H,8,13,16-17,19H2,1-7H3/q-1. The molecule has 1 heterocycles. The molecule has 1 N–H and O–H groups in total. The summed E-state index contributed by atoms with van der Waals surface area (Å²) in [6, 6.07) is 6.66. The second kappa shape index (κ2) is 12.3. The molecule has 5 heteroatoms. The largest absolute Gasteiger partial charge is 0.419 e. The Balaban J connectivity index is 1.69. The molecule has 34 heavy (non-hydrogen) atoms. The third-order valence-electron chi connectivity index (χ3n) is 6.53. The van der Waals surface area contributed by atoms with Crippen LogP contribution in [0.15, 0.2) is 58.8 Å². The number of aliphatic imine (C=N–C) groups is 1. The van der Waals surface area contributed by atoms with E-state index in [0.717, 1.165) is 30.3 Å². The molecule has 186 valence electrons. The van der Waals surface area contributed by atoms with Gasteiger partial charge in [-0.3, -0.25) is 10.3 Å². The van der Waals surface area contributed by atoms with Gasteiger partial charge < -0.3 is 15.2 Å². The number of nitrogens with zero attached hydrogens (tertiary/aromatic N) is 3. The summed E-state index contributed by atoms with van der Waals surface area (Å²) in [7, 11) is 0. The minimum absolute atomic E-state index is 0.140. The van der Waals surface area contributed by atoms with Gasteiger partial charge in [-0.25, -0.2) is 0 Å². The van der Waals surface area contributed by atoms with Crippen LogP contribution in [0.2, 0.25) is 0 Å². The maximum atomic E-state index is 6.06. The Labute approximate surface area is 207 Å². The van der Waals surface area contributed by atoms with Crippen molar-refractivity contribution in [3.63, 3.8) is 0 Å². The van der Waals surface area contributed by atoms with E-state index >= 15 is 0 Å². The number of allylic oxidation sites excluding steroid dienone is 3. The fraction of sp³-hybridized carbons (Fsp3) is 0.552. The van der Waals surface area contributed by atoms with Crippen molar-refractivity contribution in [2.45, 2.75) is 79.2 Å². The summed E-state index contributed by atoms with van der Waals surface area (Å²) in [5, 5.41) is 4.81. The molecule has 0 bridgehead atoms. The summed E-state index contributed by atoms with van der Waals surface area (Å²) in [5.74, 6) is 2.30. The molecule has 0 amide bonds. The van der Waals surface area contributed by atoms with E-state index in [1.165, 1.54) is 23.1 Å². The van der Waals surface area contributed by atoms with Crippen molar-refractivity contribution in [1.29, 1.82) is 0 Å². The number of guanidine groups is 1. The molecule has 1 aromatic rings. The third-order valence-corrected chi connectivity index (χ3v) is 6.53. The molecule has 0 saturated carbocycles. The number of hydrogen-bond acceptors (Lipinski definition) is 4. The lowest BCUT2D eigenvalue weighted by Gasteiger charge is -2.39. The van der Waals surface area contributed by atoms with Crippen molar-refractivity contribution in [2.24, 2.45) is 10.9 Å². The Morgan fingerprint density at radius 3 is 2.44 bits per heavy atom. The molecule has 0 spiro atoms. The van der Waals surface area contributed by atoms with Gasteiger partial charge >= 0.3 is 0 Å². The number of para-hydroxylation sites is 1. The predicted octanol–water partition coefficient (Wildman–Crippen LogP) is 7.53. The third kappa shape index (κ3) is 6.99. The zero-order chi connectivity index (χ0) is 24.7. The summed E-state index contributed by atoms with van der Waals surface area (Å²) in [6.45, 7) is 17.3. The highest BCUT2D eigenvalue weighted by atomic mass is 16.6. The number of hydrogen-bond donors (Lipinski definition) is 1. The Hall–Kier alpha value is -2.53. The Bertz CT molecular complexity index is 915. The van der Waals surface area contributed by atoms with Crippen LogP contribution in [0, 0.1) is 5.92 Å². The first-order valence-electron chi connectivity index (χ1n) is 12.9. The van der Waals surface area contributed by atoms with Crippen LogP contribution in [0.25, 0.3) is 5.32 Å². The van der Waals surface area contributed by atoms with E-state index in [-0.39, 0.29) is 6.04 Å². The van der Waals surface area contributed by atoms with Crippen LogP contribution in [0.5, 0.6) is 0 Å². The SMILES string of the molecule is CCC1C=CC(CN(CCONc2c(C(C)C)cccc2C(C)C)C2=NC(C)=CC(C)[N-]2)=CC1. The van der Waals surface area contributed by atoms with Gasteiger partial charge in [-0.05, 0) is 66.5 Å². The van der Waals surface area contributed by atoms with E-state index in [9.17, 15) is 0 Å². The monoisotopic (exact) mass is 463 g/mol. The maximum Gasteiger partial charge on any atom is 0.0798 e. The second-order valence-electron chi connectivity index (χ2n) is 10.1. The first-order valence-corrected chi connectivity index (χ1v) is 12.9. The molecule has 0 aromatic heterocycles. The fourth-order valence-electron chi connectivity index (χ4n) is 4.49. The lowest BCUT2D eigenvalue weighted by atomic mass is 9.93. The molecule has 5 nitrogen and oxygen atoms in total. The van der Waals surface area contributed by atoms with Crippen LogP contribution in [0.1, 0.15) is 84.3 Å². The van der Waals surface area contributed by atoms with Crippen LogP contribution in [0.4, 0.5) is 5.69 Å². The van der Waals surface area contributed by atoms with Gasteiger partial charge in [0.05, 0.1) is 12.3 Å². The topological polar surface area (TPSA) is 51.0 Å². The molecule has 2 aliphatic rings. The molecule has 0 fully saturated rings. The smallest absolute Gasteiger partial charge is 0.0798 e. The van der Waals surface area contributed by atoms with Gasteiger partial charge in [-0.15, -0.1) is 0 Å². The van der Waals surface area contributed by atoms with Crippen LogP contribution >= 0.6 is 0 Å². The van der Waals surface area contributed by atoms with E-state index < -0.39 is 0 Å². The zero-order valence-electron chi connectivity index (χ0n) is 22.1. The molecule has 2 unspecified atom stereocenters. The predicted molar refractivity (Wildman–Crippen MR) is 145 cm³/mol. The van der Waals surface area contributed by atoms with Crippen LogP contribution < -0.4 is 5.48 Å². The van der Waals surface area contributed by atoms with E-state index in [0.29, 0.717) is 30.9 Å². The summed E-state index contributed by atoms with van der Waals surface area (Å²) in [6.07, 6.45) is 11.4. The molecule has 0 radical (unpaired) electrons. The van der Waals surface area contributed by atoms with E-state index in [4.69, 9.17) is 15.1 Å². The van der Waals surface area contributed by atoms with Gasteiger partial charge in [0, 0.05) is 18.5 Å². The average molecular weight is 464 g/mol. The lowest BCUT2D eigenvalue weighted by Crippen LogP contribution is -2.37. The van der Waals surface area contributed by atoms with Crippen molar-refractivity contribution in [1.82, 2.24) is 4.90 Å². The van der Waals surface area contributed by atoms with Crippen molar-refractivity contribution in [2.75, 3.05) is 25.2 Å². The van der Waals surface area contributed by atoms with E-state index in [1.807, 2.05) is 6.92 Å². The van der Waals surface area contributed by atoms with Gasteiger partial charge in [0.2, 0.25) is 0 Å². The molecule has 2 atom stereocenters. The average Bonchev–Trinajstić information content (AvgIpc) is 2.80. The molecular weight excluding hydrogens is 420 g/mol. The summed E-state index contributed by atoms with van der Waals surface area (Å²) in [4.78, 5) is 13.1. The highest BCUT2D eigenvalue weighted by molar-refractivity contribution is 5.95. The van der Waals surface area contributed by atoms with E-state index in [1.54, 1.807) is 0 Å². The fourth-order valence-corrected chi connectivity index (χ4v) is 4.49. The van der Waals surface area contributed by atoms with Gasteiger partial charge in [-0.2, -0.15) is 0 Å². The molecule has 1 aliphatic carbocycles.